The van der Waals surface area contributed by atoms with Crippen molar-refractivity contribution in [3.63, 3.8) is 0 Å². The van der Waals surface area contributed by atoms with E-state index in [1.54, 1.807) is 0 Å². The zero-order valence-electron chi connectivity index (χ0n) is 10.2. The van der Waals surface area contributed by atoms with Crippen molar-refractivity contribution in [3.8, 4) is 11.5 Å². The monoisotopic (exact) mass is 311 g/mol. The van der Waals surface area contributed by atoms with E-state index in [0.717, 1.165) is 30.3 Å². The van der Waals surface area contributed by atoms with Gasteiger partial charge in [0.25, 0.3) is 0 Å². The Labute approximate surface area is 122 Å². The Kier molecular flexibility index (Phi) is 4.04. The Bertz CT molecular complexity index is 673. The maximum Gasteiger partial charge on any atom is 0.339 e. The van der Waals surface area contributed by atoms with Crippen LogP contribution in [-0.4, -0.2) is 16.0 Å². The van der Waals surface area contributed by atoms with Gasteiger partial charge in [0.2, 0.25) is 5.75 Å². The van der Waals surface area contributed by atoms with Crippen molar-refractivity contribution in [2.45, 2.75) is 0 Å². The number of hydrogen-bond acceptors (Lipinski definition) is 4. The van der Waals surface area contributed by atoms with Gasteiger partial charge < -0.3 is 9.84 Å². The first-order valence-corrected chi connectivity index (χ1v) is 5.91. The van der Waals surface area contributed by atoms with E-state index in [-0.39, 0.29) is 22.1 Å². The highest BCUT2D eigenvalue weighted by atomic mass is 35.5. The van der Waals surface area contributed by atoms with E-state index in [1.165, 1.54) is 6.07 Å². The number of nitrogens with zero attached hydrogens (tertiary/aromatic N) is 1. The first-order valence-electron chi connectivity index (χ1n) is 5.53. The van der Waals surface area contributed by atoms with E-state index < -0.39 is 22.4 Å². The molecule has 0 fully saturated rings. The third-order valence-corrected chi connectivity index (χ3v) is 2.75. The minimum atomic E-state index is -1.35. The summed E-state index contributed by atoms with van der Waals surface area (Å²) in [5.74, 6) is -2.72. The van der Waals surface area contributed by atoms with Crippen molar-refractivity contribution in [1.29, 1.82) is 0 Å². The predicted molar refractivity (Wildman–Crippen MR) is 71.5 cm³/mol. The quantitative estimate of drug-likeness (QED) is 0.683. The number of hydrogen-bond donors (Lipinski definition) is 1. The lowest BCUT2D eigenvalue weighted by Gasteiger charge is -2.09. The second-order valence-electron chi connectivity index (χ2n) is 3.92. The van der Waals surface area contributed by atoms with Gasteiger partial charge in [-0.25, -0.2) is 9.18 Å². The summed E-state index contributed by atoms with van der Waals surface area (Å²) in [7, 11) is 0. The van der Waals surface area contributed by atoms with Crippen molar-refractivity contribution in [1.82, 2.24) is 0 Å². The van der Waals surface area contributed by atoms with Crippen LogP contribution in [0.25, 0.3) is 0 Å². The van der Waals surface area contributed by atoms with Gasteiger partial charge in [0.05, 0.1) is 4.92 Å². The van der Waals surface area contributed by atoms with Gasteiger partial charge in [0.15, 0.2) is 0 Å². The third-order valence-electron chi connectivity index (χ3n) is 2.51. The van der Waals surface area contributed by atoms with Gasteiger partial charge in [-0.2, -0.15) is 0 Å². The lowest BCUT2D eigenvalue weighted by atomic mass is 10.2. The van der Waals surface area contributed by atoms with Crippen LogP contribution in [0.5, 0.6) is 11.5 Å². The normalized spacial score (nSPS) is 10.2. The summed E-state index contributed by atoms with van der Waals surface area (Å²) >= 11 is 5.73. The average Bonchev–Trinajstić information content (AvgIpc) is 2.38. The molecule has 108 valence electrons. The van der Waals surface area contributed by atoms with Gasteiger partial charge in [-0.15, -0.1) is 0 Å². The highest BCUT2D eigenvalue weighted by Gasteiger charge is 2.19. The number of benzene rings is 2. The number of ether oxygens (including phenoxy) is 1. The SMILES string of the molecule is O=C(O)c1ccc(F)cc1Oc1cc(Cl)ccc1[N+](=O)[O-]. The van der Waals surface area contributed by atoms with Gasteiger partial charge >= 0.3 is 11.7 Å². The summed E-state index contributed by atoms with van der Waals surface area (Å²) in [6.45, 7) is 0. The third kappa shape index (κ3) is 3.26. The summed E-state index contributed by atoms with van der Waals surface area (Å²) in [5, 5.41) is 20.1. The van der Waals surface area contributed by atoms with Crippen LogP contribution < -0.4 is 4.74 Å². The standard InChI is InChI=1S/C13H7ClFNO5/c14-7-1-4-10(16(19)20)12(5-7)21-11-6-8(15)2-3-9(11)13(17)18/h1-6H,(H,17,18). The molecule has 0 radical (unpaired) electrons. The smallest absolute Gasteiger partial charge is 0.339 e. The van der Waals surface area contributed by atoms with Crippen LogP contribution in [0.15, 0.2) is 36.4 Å². The Morgan fingerprint density at radius 1 is 1.24 bits per heavy atom. The van der Waals surface area contributed by atoms with Gasteiger partial charge in [-0.3, -0.25) is 10.1 Å². The van der Waals surface area contributed by atoms with Crippen LogP contribution in [0.3, 0.4) is 0 Å². The van der Waals surface area contributed by atoms with Gasteiger partial charge in [-0.1, -0.05) is 11.6 Å². The van der Waals surface area contributed by atoms with Gasteiger partial charge in [0, 0.05) is 23.2 Å². The first kappa shape index (κ1) is 14.7. The molecule has 0 saturated heterocycles. The first-order chi connectivity index (χ1) is 9.88. The van der Waals surface area contributed by atoms with E-state index in [1.807, 2.05) is 0 Å². The molecule has 1 N–H and O–H groups in total. The van der Waals surface area contributed by atoms with Crippen molar-refractivity contribution in [2.75, 3.05) is 0 Å². The number of nitro benzene ring substituents is 1. The number of rotatable bonds is 4. The fourth-order valence-corrected chi connectivity index (χ4v) is 1.76. The number of carboxylic acids is 1. The molecule has 0 atom stereocenters. The van der Waals surface area contributed by atoms with E-state index in [9.17, 15) is 19.3 Å². The molecule has 0 heterocycles. The van der Waals surface area contributed by atoms with Crippen LogP contribution in [0.2, 0.25) is 5.02 Å². The average molecular weight is 312 g/mol. The number of nitro groups is 1. The molecule has 0 aromatic heterocycles. The van der Waals surface area contributed by atoms with Crippen molar-refractivity contribution >= 4 is 23.3 Å². The largest absolute Gasteiger partial charge is 0.478 e. The summed E-state index contributed by atoms with van der Waals surface area (Å²) in [6, 6.07) is 6.32. The van der Waals surface area contributed by atoms with E-state index in [4.69, 9.17) is 21.4 Å². The minimum absolute atomic E-state index is 0.156. The minimum Gasteiger partial charge on any atom is -0.478 e. The molecule has 0 saturated carbocycles. The molecule has 21 heavy (non-hydrogen) atoms. The molecular weight excluding hydrogens is 305 g/mol. The Morgan fingerprint density at radius 2 is 1.95 bits per heavy atom. The number of carboxylic acid groups (broad SMARTS) is 1. The lowest BCUT2D eigenvalue weighted by Crippen LogP contribution is -2.01. The molecule has 6 nitrogen and oxygen atoms in total. The van der Waals surface area contributed by atoms with Crippen LogP contribution in [0.4, 0.5) is 10.1 Å². The molecule has 0 bridgehead atoms. The Balaban J connectivity index is 2.52. The predicted octanol–water partition coefficient (Wildman–Crippen LogP) is 3.88. The molecular formula is C13H7ClFNO5. The van der Waals surface area contributed by atoms with Gasteiger partial charge in [0.1, 0.15) is 17.1 Å². The highest BCUT2D eigenvalue weighted by Crippen LogP contribution is 2.35. The zero-order valence-corrected chi connectivity index (χ0v) is 11.0. The van der Waals surface area contributed by atoms with Crippen LogP contribution >= 0.6 is 11.6 Å². The molecule has 2 rings (SSSR count). The van der Waals surface area contributed by atoms with E-state index >= 15 is 0 Å². The van der Waals surface area contributed by atoms with Crippen LogP contribution in [-0.2, 0) is 0 Å². The van der Waals surface area contributed by atoms with Gasteiger partial charge in [-0.05, 0) is 18.2 Å². The summed E-state index contributed by atoms with van der Waals surface area (Å²) in [6.07, 6.45) is 0. The Hall–Kier alpha value is -2.67. The van der Waals surface area contributed by atoms with E-state index in [0.29, 0.717) is 0 Å². The molecule has 0 aliphatic rings. The lowest BCUT2D eigenvalue weighted by molar-refractivity contribution is -0.385. The maximum absolute atomic E-state index is 13.2. The molecule has 0 spiro atoms. The maximum atomic E-state index is 13.2. The second-order valence-corrected chi connectivity index (χ2v) is 4.35. The molecule has 2 aromatic rings. The van der Waals surface area contributed by atoms with E-state index in [2.05, 4.69) is 0 Å². The van der Waals surface area contributed by atoms with Crippen molar-refractivity contribution in [2.24, 2.45) is 0 Å². The molecule has 0 amide bonds. The topological polar surface area (TPSA) is 89.7 Å². The summed E-state index contributed by atoms with van der Waals surface area (Å²) < 4.78 is 18.4. The fraction of sp³-hybridized carbons (Fsp3) is 0. The fourth-order valence-electron chi connectivity index (χ4n) is 1.60. The molecule has 0 unspecified atom stereocenters. The highest BCUT2D eigenvalue weighted by molar-refractivity contribution is 6.30. The van der Waals surface area contributed by atoms with Crippen molar-refractivity contribution in [3.05, 3.63) is 62.9 Å². The number of halogens is 2. The van der Waals surface area contributed by atoms with Crippen molar-refractivity contribution < 1.29 is 24.0 Å². The second kappa shape index (κ2) is 5.76. The number of carbonyl (C=O) groups is 1. The Morgan fingerprint density at radius 3 is 2.57 bits per heavy atom. The summed E-state index contributed by atoms with van der Waals surface area (Å²) in [4.78, 5) is 21.2. The molecule has 8 heteroatoms. The molecule has 2 aromatic carbocycles. The number of aromatic carboxylic acids is 1. The molecule has 0 aliphatic heterocycles. The molecule has 0 aliphatic carbocycles. The summed E-state index contributed by atoms with van der Waals surface area (Å²) in [5.41, 5.74) is -0.745. The van der Waals surface area contributed by atoms with Crippen LogP contribution in [0, 0.1) is 15.9 Å². The van der Waals surface area contributed by atoms with Crippen LogP contribution in [0.1, 0.15) is 10.4 Å². The zero-order chi connectivity index (χ0) is 15.6.